The summed E-state index contributed by atoms with van der Waals surface area (Å²) < 4.78 is 23.1. The molecular formula is C21H23N3O5S. The van der Waals surface area contributed by atoms with Gasteiger partial charge in [0.1, 0.15) is 0 Å². The highest BCUT2D eigenvalue weighted by Crippen LogP contribution is 2.19. The van der Waals surface area contributed by atoms with Crippen molar-refractivity contribution >= 4 is 33.2 Å². The second kappa shape index (κ2) is 8.66. The van der Waals surface area contributed by atoms with Crippen molar-refractivity contribution in [2.75, 3.05) is 24.7 Å². The molecule has 1 fully saturated rings. The Morgan fingerprint density at radius 1 is 1.00 bits per heavy atom. The van der Waals surface area contributed by atoms with Crippen molar-refractivity contribution < 1.29 is 22.8 Å². The maximum Gasteiger partial charge on any atom is 0.272 e. The summed E-state index contributed by atoms with van der Waals surface area (Å²) in [5.74, 6) is -0.800. The normalized spacial score (nSPS) is 13.9. The summed E-state index contributed by atoms with van der Waals surface area (Å²) in [5.41, 5.74) is 1.55. The molecule has 30 heavy (non-hydrogen) atoms. The van der Waals surface area contributed by atoms with Gasteiger partial charge in [0.25, 0.3) is 5.91 Å². The van der Waals surface area contributed by atoms with Crippen molar-refractivity contribution in [3.63, 3.8) is 0 Å². The molecule has 158 valence electrons. The van der Waals surface area contributed by atoms with Gasteiger partial charge in [-0.1, -0.05) is 18.2 Å². The molecule has 2 aromatic carbocycles. The number of nitrogens with one attached hydrogen (secondary N) is 1. The van der Waals surface area contributed by atoms with E-state index in [9.17, 15) is 22.8 Å². The minimum atomic E-state index is -3.30. The van der Waals surface area contributed by atoms with Gasteiger partial charge >= 0.3 is 0 Å². The largest absolute Gasteiger partial charge is 0.326 e. The number of hydrogen-bond donors (Lipinski definition) is 1. The molecule has 1 N–H and O–H groups in total. The number of carbonyl (C=O) groups is 3. The maximum absolute atomic E-state index is 13.0. The van der Waals surface area contributed by atoms with Crippen molar-refractivity contribution in [3.05, 3.63) is 59.7 Å². The molecule has 1 saturated heterocycles. The molecular weight excluding hydrogens is 406 g/mol. The molecule has 3 rings (SSSR count). The predicted molar refractivity (Wildman–Crippen MR) is 111 cm³/mol. The van der Waals surface area contributed by atoms with Crippen molar-refractivity contribution in [2.24, 2.45) is 0 Å². The van der Waals surface area contributed by atoms with Crippen molar-refractivity contribution in [3.8, 4) is 0 Å². The Bertz CT molecular complexity index is 1080. The van der Waals surface area contributed by atoms with E-state index in [1.54, 1.807) is 36.4 Å². The van der Waals surface area contributed by atoms with Crippen LogP contribution in [0, 0.1) is 0 Å². The number of nitrogens with zero attached hydrogens (tertiary/aromatic N) is 2. The molecule has 0 saturated carbocycles. The smallest absolute Gasteiger partial charge is 0.272 e. The van der Waals surface area contributed by atoms with Gasteiger partial charge in [-0.05, 0) is 42.3 Å². The van der Waals surface area contributed by atoms with Crippen LogP contribution in [-0.4, -0.2) is 55.5 Å². The molecule has 1 heterocycles. The quantitative estimate of drug-likeness (QED) is 0.782. The van der Waals surface area contributed by atoms with Crippen LogP contribution < -0.4 is 5.32 Å². The second-order valence-corrected chi connectivity index (χ2v) is 9.17. The zero-order valence-corrected chi connectivity index (χ0v) is 17.6. The number of anilines is 1. The van der Waals surface area contributed by atoms with E-state index in [4.69, 9.17) is 0 Å². The van der Waals surface area contributed by atoms with Crippen LogP contribution in [0.25, 0.3) is 0 Å². The third-order valence-corrected chi connectivity index (χ3v) is 5.82. The molecule has 0 unspecified atom stereocenters. The van der Waals surface area contributed by atoms with Crippen molar-refractivity contribution in [1.82, 2.24) is 10.0 Å². The Labute approximate surface area is 175 Å². The standard InChI is InChI=1S/C21H23N3O5S/c1-15(25)22-18-6-3-5-17(14-18)21(27)24-12-4-11-23(24)20(26)13-16-7-9-19(10-8-16)30(2,28)29/h3,5-10,14H,4,11-13H2,1-2H3,(H,22,25). The molecule has 1 aliphatic rings. The van der Waals surface area contributed by atoms with E-state index in [0.717, 1.165) is 6.26 Å². The van der Waals surface area contributed by atoms with Crippen LogP contribution in [0.5, 0.6) is 0 Å². The summed E-state index contributed by atoms with van der Waals surface area (Å²) in [7, 11) is -3.30. The topological polar surface area (TPSA) is 104 Å². The van der Waals surface area contributed by atoms with Gasteiger partial charge in [0.05, 0.1) is 11.3 Å². The molecule has 2 aromatic rings. The Morgan fingerprint density at radius 3 is 2.30 bits per heavy atom. The lowest BCUT2D eigenvalue weighted by Crippen LogP contribution is -2.45. The van der Waals surface area contributed by atoms with Crippen LogP contribution in [0.3, 0.4) is 0 Å². The molecule has 0 atom stereocenters. The highest BCUT2D eigenvalue weighted by Gasteiger charge is 2.31. The number of benzene rings is 2. The zero-order valence-electron chi connectivity index (χ0n) is 16.8. The SMILES string of the molecule is CC(=O)Nc1cccc(C(=O)N2CCCN2C(=O)Cc2ccc(S(C)(=O)=O)cc2)c1. The number of sulfone groups is 1. The first kappa shape index (κ1) is 21.5. The van der Waals surface area contributed by atoms with Gasteiger partial charge in [0.15, 0.2) is 9.84 Å². The maximum atomic E-state index is 13.0. The van der Waals surface area contributed by atoms with Gasteiger partial charge < -0.3 is 5.32 Å². The molecule has 0 spiro atoms. The second-order valence-electron chi connectivity index (χ2n) is 7.15. The van der Waals surface area contributed by atoms with E-state index in [1.807, 2.05) is 0 Å². The van der Waals surface area contributed by atoms with Crippen molar-refractivity contribution in [1.29, 1.82) is 0 Å². The van der Waals surface area contributed by atoms with E-state index in [-0.39, 0.29) is 29.0 Å². The Morgan fingerprint density at radius 2 is 1.67 bits per heavy atom. The average Bonchev–Trinajstić information content (AvgIpc) is 3.17. The summed E-state index contributed by atoms with van der Waals surface area (Å²) in [6.45, 7) is 2.23. The molecule has 0 aliphatic carbocycles. The third-order valence-electron chi connectivity index (χ3n) is 4.69. The fraction of sp³-hybridized carbons (Fsp3) is 0.286. The van der Waals surface area contributed by atoms with Crippen LogP contribution >= 0.6 is 0 Å². The van der Waals surface area contributed by atoms with Gasteiger partial charge in [0, 0.05) is 37.5 Å². The monoisotopic (exact) mass is 429 g/mol. The lowest BCUT2D eigenvalue weighted by molar-refractivity contribution is -0.139. The lowest BCUT2D eigenvalue weighted by Gasteiger charge is -2.28. The number of hydrazine groups is 1. The molecule has 0 radical (unpaired) electrons. The summed E-state index contributed by atoms with van der Waals surface area (Å²) >= 11 is 0. The van der Waals surface area contributed by atoms with Gasteiger partial charge in [0.2, 0.25) is 11.8 Å². The summed E-state index contributed by atoms with van der Waals surface area (Å²) in [4.78, 5) is 37.2. The number of hydrogen-bond acceptors (Lipinski definition) is 5. The van der Waals surface area contributed by atoms with Gasteiger partial charge in [-0.15, -0.1) is 0 Å². The molecule has 0 bridgehead atoms. The third kappa shape index (κ3) is 5.04. The number of amides is 3. The van der Waals surface area contributed by atoms with Crippen LogP contribution in [0.2, 0.25) is 0 Å². The predicted octanol–water partition coefficient (Wildman–Crippen LogP) is 1.88. The number of carbonyl (C=O) groups excluding carboxylic acids is 3. The Hall–Kier alpha value is -3.20. The van der Waals surface area contributed by atoms with Crippen LogP contribution in [-0.2, 0) is 25.8 Å². The van der Waals surface area contributed by atoms with Crippen molar-refractivity contribution in [2.45, 2.75) is 24.7 Å². The molecule has 3 amide bonds. The van der Waals surface area contributed by atoms with Crippen LogP contribution in [0.1, 0.15) is 29.3 Å². The summed E-state index contributed by atoms with van der Waals surface area (Å²) in [6.07, 6.45) is 1.84. The molecule has 9 heteroatoms. The van der Waals surface area contributed by atoms with Gasteiger partial charge in [-0.3, -0.25) is 19.4 Å². The van der Waals surface area contributed by atoms with Gasteiger partial charge in [-0.25, -0.2) is 13.4 Å². The van der Waals surface area contributed by atoms with E-state index in [2.05, 4.69) is 5.32 Å². The first-order valence-electron chi connectivity index (χ1n) is 9.44. The van der Waals surface area contributed by atoms with Gasteiger partial charge in [-0.2, -0.15) is 0 Å². The summed E-state index contributed by atoms with van der Waals surface area (Å²) in [6, 6.07) is 12.7. The number of rotatable bonds is 5. The van der Waals surface area contributed by atoms with E-state index in [1.165, 1.54) is 29.1 Å². The Balaban J connectivity index is 1.72. The van der Waals surface area contributed by atoms with E-state index in [0.29, 0.717) is 36.3 Å². The minimum absolute atomic E-state index is 0.0553. The highest BCUT2D eigenvalue weighted by atomic mass is 32.2. The van der Waals surface area contributed by atoms with Crippen LogP contribution in [0.15, 0.2) is 53.4 Å². The fourth-order valence-electron chi connectivity index (χ4n) is 3.28. The minimum Gasteiger partial charge on any atom is -0.326 e. The Kier molecular flexibility index (Phi) is 6.21. The molecule has 1 aliphatic heterocycles. The first-order valence-corrected chi connectivity index (χ1v) is 11.3. The van der Waals surface area contributed by atoms with E-state index < -0.39 is 9.84 Å². The lowest BCUT2D eigenvalue weighted by atomic mass is 10.1. The molecule has 8 nitrogen and oxygen atoms in total. The molecule has 0 aromatic heterocycles. The zero-order chi connectivity index (χ0) is 21.9. The van der Waals surface area contributed by atoms with E-state index >= 15 is 0 Å². The average molecular weight is 429 g/mol. The fourth-order valence-corrected chi connectivity index (χ4v) is 3.92. The highest BCUT2D eigenvalue weighted by molar-refractivity contribution is 7.90. The van der Waals surface area contributed by atoms with Crippen LogP contribution in [0.4, 0.5) is 5.69 Å². The summed E-state index contributed by atoms with van der Waals surface area (Å²) in [5, 5.41) is 5.48. The first-order chi connectivity index (χ1) is 14.1.